The molecule has 1 amide bonds. The van der Waals surface area contributed by atoms with Gasteiger partial charge in [0.15, 0.2) is 5.17 Å². The predicted molar refractivity (Wildman–Crippen MR) is 97.1 cm³/mol. The van der Waals surface area contributed by atoms with Crippen molar-refractivity contribution in [1.82, 2.24) is 4.90 Å². The van der Waals surface area contributed by atoms with E-state index in [1.165, 1.54) is 11.8 Å². The number of thioether (sulfide) groups is 1. The molecule has 1 aliphatic heterocycles. The highest BCUT2D eigenvalue weighted by Gasteiger charge is 2.37. The summed E-state index contributed by atoms with van der Waals surface area (Å²) in [7, 11) is 0. The van der Waals surface area contributed by atoms with Gasteiger partial charge in [-0.3, -0.25) is 9.69 Å². The number of nitrogens with zero attached hydrogens (tertiary/aromatic N) is 3. The van der Waals surface area contributed by atoms with Crippen LogP contribution in [-0.4, -0.2) is 27.4 Å². The monoisotopic (exact) mass is 341 g/mol. The standard InChI is InChI=1S/C18H19N3O2S/c1-3-16-17(22)21(12-14-8-5-4-7-13(14)2)18(24-16)20-19-11-15-9-6-10-23-15/h4-11,16H,3,12H2,1-2H3/b19-11+,20-18?. The summed E-state index contributed by atoms with van der Waals surface area (Å²) in [5.41, 5.74) is 2.28. The van der Waals surface area contributed by atoms with Crippen LogP contribution in [0.25, 0.3) is 0 Å². The fourth-order valence-electron chi connectivity index (χ4n) is 2.45. The molecule has 0 saturated carbocycles. The lowest BCUT2D eigenvalue weighted by Gasteiger charge is -2.17. The third-order valence-electron chi connectivity index (χ3n) is 3.85. The van der Waals surface area contributed by atoms with Gasteiger partial charge in [-0.15, -0.1) is 5.10 Å². The minimum Gasteiger partial charge on any atom is -0.463 e. The number of rotatable bonds is 5. The number of hydrogen-bond acceptors (Lipinski definition) is 5. The van der Waals surface area contributed by atoms with Crippen molar-refractivity contribution in [3.63, 3.8) is 0 Å². The van der Waals surface area contributed by atoms with Gasteiger partial charge in [-0.25, -0.2) is 0 Å². The molecule has 5 nitrogen and oxygen atoms in total. The van der Waals surface area contributed by atoms with E-state index >= 15 is 0 Å². The lowest BCUT2D eigenvalue weighted by atomic mass is 10.1. The van der Waals surface area contributed by atoms with Gasteiger partial charge >= 0.3 is 0 Å². The largest absolute Gasteiger partial charge is 0.463 e. The third-order valence-corrected chi connectivity index (χ3v) is 5.18. The highest BCUT2D eigenvalue weighted by atomic mass is 32.2. The second-order valence-electron chi connectivity index (χ2n) is 5.51. The Hall–Kier alpha value is -2.34. The summed E-state index contributed by atoms with van der Waals surface area (Å²) in [5, 5.41) is 8.86. The Balaban J connectivity index is 1.82. The quantitative estimate of drug-likeness (QED) is 0.613. The maximum absolute atomic E-state index is 12.6. The fourth-order valence-corrected chi connectivity index (χ4v) is 3.47. The molecule has 1 aliphatic rings. The maximum Gasteiger partial charge on any atom is 0.242 e. The highest BCUT2D eigenvalue weighted by Crippen LogP contribution is 2.31. The van der Waals surface area contributed by atoms with E-state index in [9.17, 15) is 4.79 Å². The molecular formula is C18H19N3O2S. The zero-order valence-electron chi connectivity index (χ0n) is 13.7. The molecule has 1 atom stereocenters. The molecule has 2 aromatic rings. The van der Waals surface area contributed by atoms with Crippen molar-refractivity contribution in [2.75, 3.05) is 0 Å². The van der Waals surface area contributed by atoms with Crippen molar-refractivity contribution >= 4 is 29.1 Å². The minimum absolute atomic E-state index is 0.0911. The molecule has 0 N–H and O–H groups in total. The van der Waals surface area contributed by atoms with Crippen LogP contribution in [0.15, 0.2) is 57.3 Å². The molecule has 1 fully saturated rings. The van der Waals surface area contributed by atoms with Gasteiger partial charge in [0.2, 0.25) is 5.91 Å². The average Bonchev–Trinajstić information content (AvgIpc) is 3.19. The van der Waals surface area contributed by atoms with Crippen LogP contribution in [0.2, 0.25) is 0 Å². The molecule has 1 aromatic carbocycles. The SMILES string of the molecule is CCC1SC(=N/N=C/c2ccco2)N(Cc2ccccc2C)C1=O. The second-order valence-corrected chi connectivity index (χ2v) is 6.68. The number of amides is 1. The summed E-state index contributed by atoms with van der Waals surface area (Å²) < 4.78 is 5.19. The van der Waals surface area contributed by atoms with Gasteiger partial charge in [-0.1, -0.05) is 43.0 Å². The van der Waals surface area contributed by atoms with Crippen molar-refractivity contribution in [2.24, 2.45) is 10.2 Å². The van der Waals surface area contributed by atoms with Crippen LogP contribution in [-0.2, 0) is 11.3 Å². The Morgan fingerprint density at radius 2 is 2.12 bits per heavy atom. The Bertz CT molecular complexity index is 768. The lowest BCUT2D eigenvalue weighted by molar-refractivity contribution is -0.126. The normalized spacial score (nSPS) is 19.8. The zero-order valence-corrected chi connectivity index (χ0v) is 14.5. The molecule has 1 unspecified atom stereocenters. The summed E-state index contributed by atoms with van der Waals surface area (Å²) >= 11 is 1.47. The smallest absolute Gasteiger partial charge is 0.242 e. The lowest BCUT2D eigenvalue weighted by Crippen LogP contribution is -2.31. The molecular weight excluding hydrogens is 322 g/mol. The van der Waals surface area contributed by atoms with Gasteiger partial charge in [0.1, 0.15) is 5.76 Å². The first-order valence-electron chi connectivity index (χ1n) is 7.86. The van der Waals surface area contributed by atoms with E-state index in [1.807, 2.05) is 38.1 Å². The second kappa shape index (κ2) is 7.49. The van der Waals surface area contributed by atoms with Crippen molar-refractivity contribution < 1.29 is 9.21 Å². The van der Waals surface area contributed by atoms with E-state index in [1.54, 1.807) is 29.5 Å². The van der Waals surface area contributed by atoms with Crippen LogP contribution in [0.4, 0.5) is 0 Å². The molecule has 2 heterocycles. The number of carbonyl (C=O) groups is 1. The Morgan fingerprint density at radius 3 is 2.83 bits per heavy atom. The van der Waals surface area contributed by atoms with Crippen molar-refractivity contribution in [2.45, 2.75) is 32.1 Å². The van der Waals surface area contributed by atoms with Crippen LogP contribution >= 0.6 is 11.8 Å². The van der Waals surface area contributed by atoms with Crippen LogP contribution in [0.1, 0.15) is 30.2 Å². The third kappa shape index (κ3) is 3.59. The van der Waals surface area contributed by atoms with Gasteiger partial charge < -0.3 is 4.42 Å². The van der Waals surface area contributed by atoms with Gasteiger partial charge in [0.25, 0.3) is 0 Å². The van der Waals surface area contributed by atoms with Crippen molar-refractivity contribution in [1.29, 1.82) is 0 Å². The Kier molecular flexibility index (Phi) is 5.15. The number of aryl methyl sites for hydroxylation is 1. The molecule has 0 radical (unpaired) electrons. The van der Waals surface area contributed by atoms with Gasteiger partial charge in [0, 0.05) is 0 Å². The molecule has 0 aliphatic carbocycles. The molecule has 0 spiro atoms. The number of hydrogen-bond donors (Lipinski definition) is 0. The first-order chi connectivity index (χ1) is 11.7. The molecule has 124 valence electrons. The number of furan rings is 1. The van der Waals surface area contributed by atoms with Crippen LogP contribution in [0.3, 0.4) is 0 Å². The van der Waals surface area contributed by atoms with Crippen molar-refractivity contribution in [3.8, 4) is 0 Å². The first-order valence-corrected chi connectivity index (χ1v) is 8.74. The van der Waals surface area contributed by atoms with Crippen LogP contribution < -0.4 is 0 Å². The Labute approximate surface area is 145 Å². The van der Waals surface area contributed by atoms with Gasteiger partial charge in [0.05, 0.1) is 24.3 Å². The molecule has 1 aromatic heterocycles. The Morgan fingerprint density at radius 1 is 1.29 bits per heavy atom. The van der Waals surface area contributed by atoms with E-state index in [0.717, 1.165) is 17.5 Å². The summed E-state index contributed by atoms with van der Waals surface area (Å²) in [5.74, 6) is 0.726. The van der Waals surface area contributed by atoms with E-state index in [4.69, 9.17) is 4.42 Å². The van der Waals surface area contributed by atoms with E-state index < -0.39 is 0 Å². The molecule has 6 heteroatoms. The summed E-state index contributed by atoms with van der Waals surface area (Å²) in [6.07, 6.45) is 3.90. The summed E-state index contributed by atoms with van der Waals surface area (Å²) in [4.78, 5) is 14.3. The number of carbonyl (C=O) groups excluding carboxylic acids is 1. The number of amidine groups is 1. The molecule has 24 heavy (non-hydrogen) atoms. The topological polar surface area (TPSA) is 58.2 Å². The minimum atomic E-state index is -0.0911. The molecule has 3 rings (SSSR count). The van der Waals surface area contributed by atoms with Gasteiger partial charge in [-0.2, -0.15) is 5.10 Å². The van der Waals surface area contributed by atoms with Crippen LogP contribution in [0, 0.1) is 6.92 Å². The van der Waals surface area contributed by atoms with Crippen LogP contribution in [0.5, 0.6) is 0 Å². The number of benzene rings is 1. The average molecular weight is 341 g/mol. The van der Waals surface area contributed by atoms with Gasteiger partial charge in [-0.05, 0) is 36.6 Å². The zero-order chi connectivity index (χ0) is 16.9. The first kappa shape index (κ1) is 16.5. The maximum atomic E-state index is 12.6. The molecule has 0 bridgehead atoms. The molecule has 1 saturated heterocycles. The summed E-state index contributed by atoms with van der Waals surface area (Å²) in [6, 6.07) is 11.7. The predicted octanol–water partition coefficient (Wildman–Crippen LogP) is 3.83. The van der Waals surface area contributed by atoms with E-state index in [-0.39, 0.29) is 11.2 Å². The summed E-state index contributed by atoms with van der Waals surface area (Å²) in [6.45, 7) is 4.58. The van der Waals surface area contributed by atoms with E-state index in [2.05, 4.69) is 10.2 Å². The van der Waals surface area contributed by atoms with E-state index in [0.29, 0.717) is 17.5 Å². The highest BCUT2D eigenvalue weighted by molar-refractivity contribution is 8.15. The fraction of sp³-hybridized carbons (Fsp3) is 0.278. The van der Waals surface area contributed by atoms with Crippen molar-refractivity contribution in [3.05, 3.63) is 59.5 Å².